The predicted molar refractivity (Wildman–Crippen MR) is 207 cm³/mol. The van der Waals surface area contributed by atoms with Crippen molar-refractivity contribution in [3.63, 3.8) is 0 Å². The lowest BCUT2D eigenvalue weighted by Gasteiger charge is -2.12. The summed E-state index contributed by atoms with van der Waals surface area (Å²) in [5.74, 6) is 0.709. The molecule has 7 aromatic carbocycles. The van der Waals surface area contributed by atoms with Gasteiger partial charge in [0.25, 0.3) is 0 Å². The molecule has 0 fully saturated rings. The molecule has 0 amide bonds. The van der Waals surface area contributed by atoms with Crippen molar-refractivity contribution in [2.45, 2.75) is 0 Å². The Morgan fingerprint density at radius 1 is 0.320 bits per heavy atom. The molecule has 0 aliphatic rings. The molecule has 2 aromatic heterocycles. The number of benzene rings is 7. The van der Waals surface area contributed by atoms with E-state index < -0.39 is 0 Å². The number of rotatable bonds is 6. The molecule has 9 rings (SSSR count). The first-order chi connectivity index (χ1) is 24.8. The van der Waals surface area contributed by atoms with Gasteiger partial charge < -0.3 is 0 Å². The highest BCUT2D eigenvalue weighted by Crippen LogP contribution is 2.35. The summed E-state index contributed by atoms with van der Waals surface area (Å²) in [5.41, 5.74) is 13.0. The van der Waals surface area contributed by atoms with Crippen LogP contribution in [0.1, 0.15) is 0 Å². The Labute approximate surface area is 291 Å². The van der Waals surface area contributed by atoms with Crippen molar-refractivity contribution in [3.05, 3.63) is 188 Å². The lowest BCUT2D eigenvalue weighted by molar-refractivity contribution is 1.18. The third-order valence-electron chi connectivity index (χ3n) is 9.36. The van der Waals surface area contributed by atoms with Crippen LogP contribution in [0, 0.1) is 0 Å². The summed E-state index contributed by atoms with van der Waals surface area (Å²) in [6, 6.07) is 63.9. The van der Waals surface area contributed by atoms with Gasteiger partial charge in [0.1, 0.15) is 0 Å². The van der Waals surface area contributed by atoms with E-state index >= 15 is 0 Å². The lowest BCUT2D eigenvalue weighted by atomic mass is 9.93. The molecule has 3 nitrogen and oxygen atoms in total. The van der Waals surface area contributed by atoms with E-state index in [0.717, 1.165) is 55.7 Å². The summed E-state index contributed by atoms with van der Waals surface area (Å²) < 4.78 is 0. The van der Waals surface area contributed by atoms with Gasteiger partial charge in [0.2, 0.25) is 0 Å². The molecule has 0 saturated heterocycles. The van der Waals surface area contributed by atoms with Gasteiger partial charge in [-0.25, -0.2) is 9.97 Å². The normalized spacial score (nSPS) is 11.2. The molecule has 9 aromatic rings. The average Bonchev–Trinajstić information content (AvgIpc) is 3.21. The summed E-state index contributed by atoms with van der Waals surface area (Å²) in [7, 11) is 0. The molecular formula is C47H31N3. The molecule has 0 bridgehead atoms. The highest BCUT2D eigenvalue weighted by atomic mass is 14.9. The first kappa shape index (κ1) is 29.4. The van der Waals surface area contributed by atoms with Crippen LogP contribution in [0.3, 0.4) is 0 Å². The maximum Gasteiger partial charge on any atom is 0.160 e. The van der Waals surface area contributed by atoms with E-state index in [-0.39, 0.29) is 0 Å². The fourth-order valence-corrected chi connectivity index (χ4v) is 6.77. The second-order valence-electron chi connectivity index (χ2n) is 12.5. The second kappa shape index (κ2) is 12.7. The quantitative estimate of drug-likeness (QED) is 0.182. The van der Waals surface area contributed by atoms with Crippen molar-refractivity contribution < 1.29 is 0 Å². The maximum absolute atomic E-state index is 5.01. The minimum atomic E-state index is 0.709. The van der Waals surface area contributed by atoms with Gasteiger partial charge >= 0.3 is 0 Å². The highest BCUT2D eigenvalue weighted by molar-refractivity contribution is 6.00. The van der Waals surface area contributed by atoms with Gasteiger partial charge in [0.05, 0.1) is 16.9 Å². The zero-order valence-electron chi connectivity index (χ0n) is 27.2. The van der Waals surface area contributed by atoms with Crippen LogP contribution in [0.4, 0.5) is 0 Å². The Bertz CT molecular complexity index is 2550. The van der Waals surface area contributed by atoms with Crippen molar-refractivity contribution >= 4 is 21.7 Å². The largest absolute Gasteiger partial charge is 0.256 e. The topological polar surface area (TPSA) is 38.7 Å². The summed E-state index contributed by atoms with van der Waals surface area (Å²) >= 11 is 0. The third kappa shape index (κ3) is 5.61. The lowest BCUT2D eigenvalue weighted by Crippen LogP contribution is -1.95. The second-order valence-corrected chi connectivity index (χ2v) is 12.5. The molecule has 3 heteroatoms. The minimum absolute atomic E-state index is 0.709. The van der Waals surface area contributed by atoms with Gasteiger partial charge in [-0.3, -0.25) is 4.98 Å². The number of aromatic nitrogens is 3. The average molecular weight is 638 g/mol. The molecule has 0 spiro atoms. The van der Waals surface area contributed by atoms with Crippen LogP contribution in [-0.4, -0.2) is 15.0 Å². The summed E-state index contributed by atoms with van der Waals surface area (Å²) in [5, 5.41) is 3.58. The molecule has 0 aliphatic heterocycles. The molecule has 0 radical (unpaired) electrons. The summed E-state index contributed by atoms with van der Waals surface area (Å²) in [4.78, 5) is 14.7. The van der Waals surface area contributed by atoms with Crippen LogP contribution in [-0.2, 0) is 0 Å². The number of fused-ring (bicyclic) bond motifs is 2. The fourth-order valence-electron chi connectivity index (χ4n) is 6.77. The smallest absolute Gasteiger partial charge is 0.160 e. The van der Waals surface area contributed by atoms with Gasteiger partial charge in [-0.2, -0.15) is 0 Å². The number of pyridine rings is 1. The van der Waals surface area contributed by atoms with Gasteiger partial charge in [-0.1, -0.05) is 164 Å². The Balaban J connectivity index is 1.06. The van der Waals surface area contributed by atoms with Crippen LogP contribution in [0.15, 0.2) is 188 Å². The van der Waals surface area contributed by atoms with Crippen molar-refractivity contribution in [1.82, 2.24) is 15.0 Å². The first-order valence-electron chi connectivity index (χ1n) is 16.8. The molecule has 50 heavy (non-hydrogen) atoms. The molecule has 0 saturated carbocycles. The van der Waals surface area contributed by atoms with E-state index in [1.54, 1.807) is 0 Å². The summed E-state index contributed by atoms with van der Waals surface area (Å²) in [6.07, 6.45) is 1.86. The Morgan fingerprint density at radius 3 is 1.54 bits per heavy atom. The van der Waals surface area contributed by atoms with Crippen LogP contribution in [0.5, 0.6) is 0 Å². The van der Waals surface area contributed by atoms with Crippen molar-refractivity contribution in [2.24, 2.45) is 0 Å². The standard InChI is InChI=1S/C47H31N3/c1-3-10-36(11-4-1)44-31-45(37-12-5-2-6-13-37)50-47(49-44)39-26-19-32(20-27-39)40-28-25-33-14-7-17-41(43(33)30-40)34-21-23-35(24-22-34)42-18-8-15-38-16-9-29-48-46(38)42/h1-31H. The zero-order chi connectivity index (χ0) is 33.3. The van der Waals surface area contributed by atoms with E-state index in [2.05, 4.69) is 145 Å². The molecule has 2 heterocycles. The van der Waals surface area contributed by atoms with E-state index in [1.165, 1.54) is 27.5 Å². The SMILES string of the molecule is c1ccc(-c2cc(-c3ccccc3)nc(-c3ccc(-c4ccc5cccc(-c6ccc(-c7cccc8cccnc78)cc6)c5c4)cc3)n2)cc1. The van der Waals surface area contributed by atoms with Gasteiger partial charge in [-0.05, 0) is 56.8 Å². The van der Waals surface area contributed by atoms with E-state index in [9.17, 15) is 0 Å². The van der Waals surface area contributed by atoms with E-state index in [0.29, 0.717) is 5.82 Å². The highest BCUT2D eigenvalue weighted by Gasteiger charge is 2.12. The van der Waals surface area contributed by atoms with Crippen LogP contribution in [0.2, 0.25) is 0 Å². The molecule has 0 aliphatic carbocycles. The monoisotopic (exact) mass is 637 g/mol. The third-order valence-corrected chi connectivity index (χ3v) is 9.36. The molecule has 234 valence electrons. The van der Waals surface area contributed by atoms with Crippen molar-refractivity contribution in [3.8, 4) is 67.3 Å². The van der Waals surface area contributed by atoms with Gasteiger partial charge in [-0.15, -0.1) is 0 Å². The summed E-state index contributed by atoms with van der Waals surface area (Å²) in [6.45, 7) is 0. The van der Waals surface area contributed by atoms with Gasteiger partial charge in [0, 0.05) is 33.8 Å². The number of hydrogen-bond donors (Lipinski definition) is 0. The maximum atomic E-state index is 5.01. The fraction of sp³-hybridized carbons (Fsp3) is 0. The van der Waals surface area contributed by atoms with Crippen LogP contribution in [0.25, 0.3) is 89.0 Å². The molecule has 0 N–H and O–H groups in total. The van der Waals surface area contributed by atoms with Gasteiger partial charge in [0.15, 0.2) is 5.82 Å². The Hall–Kier alpha value is -6.71. The molecule has 0 atom stereocenters. The van der Waals surface area contributed by atoms with Crippen LogP contribution < -0.4 is 0 Å². The Morgan fingerprint density at radius 2 is 0.860 bits per heavy atom. The molecular weight excluding hydrogens is 607 g/mol. The zero-order valence-corrected chi connectivity index (χ0v) is 27.2. The number of para-hydroxylation sites is 1. The van der Waals surface area contributed by atoms with E-state index in [4.69, 9.17) is 9.97 Å². The molecule has 0 unspecified atom stereocenters. The van der Waals surface area contributed by atoms with Crippen molar-refractivity contribution in [2.75, 3.05) is 0 Å². The number of hydrogen-bond acceptors (Lipinski definition) is 3. The first-order valence-corrected chi connectivity index (χ1v) is 16.8. The Kier molecular flexibility index (Phi) is 7.49. The predicted octanol–water partition coefficient (Wildman–Crippen LogP) is 12.2. The minimum Gasteiger partial charge on any atom is -0.256 e. The van der Waals surface area contributed by atoms with Crippen molar-refractivity contribution in [1.29, 1.82) is 0 Å². The van der Waals surface area contributed by atoms with Crippen LogP contribution >= 0.6 is 0 Å². The van der Waals surface area contributed by atoms with E-state index in [1.807, 2.05) is 48.7 Å². The number of nitrogens with zero attached hydrogens (tertiary/aromatic N) is 3.